The Morgan fingerprint density at radius 3 is 2.52 bits per heavy atom. The second-order valence-corrected chi connectivity index (χ2v) is 6.33. The number of hydrogen-bond donors (Lipinski definition) is 1. The van der Waals surface area contributed by atoms with Crippen molar-refractivity contribution in [3.63, 3.8) is 0 Å². The molecule has 5 nitrogen and oxygen atoms in total. The first kappa shape index (κ1) is 18.8. The maximum absolute atomic E-state index is 13.1. The van der Waals surface area contributed by atoms with Gasteiger partial charge in [-0.15, -0.1) is 0 Å². The van der Waals surface area contributed by atoms with Gasteiger partial charge in [-0.1, -0.05) is 24.3 Å². The van der Waals surface area contributed by atoms with Crippen molar-refractivity contribution in [2.24, 2.45) is 0 Å². The molecule has 3 rings (SSSR count). The van der Waals surface area contributed by atoms with E-state index in [1.807, 2.05) is 12.1 Å². The Balaban J connectivity index is 1.60. The largest absolute Gasteiger partial charge is 0.370 e. The van der Waals surface area contributed by atoms with Crippen LogP contribution in [0.1, 0.15) is 24.2 Å². The van der Waals surface area contributed by atoms with Crippen LogP contribution in [0.3, 0.4) is 0 Å². The number of nitrogens with one attached hydrogen (secondary N) is 1. The minimum Gasteiger partial charge on any atom is -0.370 e. The summed E-state index contributed by atoms with van der Waals surface area (Å²) in [5, 5.41) is 2.70. The molecule has 1 aliphatic rings. The fourth-order valence-corrected chi connectivity index (χ4v) is 2.88. The molecule has 1 heterocycles. The van der Waals surface area contributed by atoms with Gasteiger partial charge in [-0.05, 0) is 41.5 Å². The van der Waals surface area contributed by atoms with Crippen LogP contribution in [0.4, 0.5) is 10.1 Å². The number of amides is 2. The number of carbonyl (C=O) groups is 2. The first-order chi connectivity index (χ1) is 13.0. The van der Waals surface area contributed by atoms with Crippen molar-refractivity contribution in [2.75, 3.05) is 25.0 Å². The lowest BCUT2D eigenvalue weighted by Gasteiger charge is -2.32. The van der Waals surface area contributed by atoms with E-state index in [0.29, 0.717) is 25.4 Å². The zero-order valence-electron chi connectivity index (χ0n) is 15.0. The van der Waals surface area contributed by atoms with E-state index in [4.69, 9.17) is 4.74 Å². The highest BCUT2D eigenvalue weighted by molar-refractivity contribution is 5.92. The van der Waals surface area contributed by atoms with Crippen LogP contribution in [0.5, 0.6) is 0 Å². The van der Waals surface area contributed by atoms with Crippen LogP contribution in [0.25, 0.3) is 6.08 Å². The summed E-state index contributed by atoms with van der Waals surface area (Å²) in [5.41, 5.74) is 2.42. The maximum Gasteiger partial charge on any atom is 0.246 e. The van der Waals surface area contributed by atoms with E-state index in [2.05, 4.69) is 5.32 Å². The second-order valence-electron chi connectivity index (χ2n) is 6.33. The van der Waals surface area contributed by atoms with E-state index in [-0.39, 0.29) is 23.7 Å². The highest BCUT2D eigenvalue weighted by atomic mass is 19.1. The fraction of sp³-hybridized carbons (Fsp3) is 0.238. The van der Waals surface area contributed by atoms with Crippen molar-refractivity contribution in [3.8, 4) is 0 Å². The molecule has 6 heteroatoms. The third-order valence-electron chi connectivity index (χ3n) is 4.27. The van der Waals surface area contributed by atoms with Crippen LogP contribution < -0.4 is 5.32 Å². The minimum atomic E-state index is -0.296. The van der Waals surface area contributed by atoms with E-state index < -0.39 is 0 Å². The van der Waals surface area contributed by atoms with Gasteiger partial charge in [0.1, 0.15) is 11.9 Å². The molecular weight excluding hydrogens is 347 g/mol. The third kappa shape index (κ3) is 5.24. The summed E-state index contributed by atoms with van der Waals surface area (Å²) in [7, 11) is 0. The third-order valence-corrected chi connectivity index (χ3v) is 4.27. The Morgan fingerprint density at radius 2 is 1.85 bits per heavy atom. The van der Waals surface area contributed by atoms with Gasteiger partial charge in [0, 0.05) is 25.2 Å². The molecule has 2 amide bonds. The summed E-state index contributed by atoms with van der Waals surface area (Å²) >= 11 is 0. The average molecular weight is 368 g/mol. The molecule has 1 fully saturated rings. The topological polar surface area (TPSA) is 58.6 Å². The molecule has 0 bridgehead atoms. The molecule has 2 aromatic rings. The summed E-state index contributed by atoms with van der Waals surface area (Å²) in [4.78, 5) is 25.2. The van der Waals surface area contributed by atoms with E-state index in [0.717, 1.165) is 11.1 Å². The molecule has 1 aliphatic heterocycles. The van der Waals surface area contributed by atoms with Gasteiger partial charge in [0.2, 0.25) is 11.8 Å². The monoisotopic (exact) mass is 368 g/mol. The number of rotatable bonds is 4. The van der Waals surface area contributed by atoms with Crippen molar-refractivity contribution in [1.82, 2.24) is 4.90 Å². The highest BCUT2D eigenvalue weighted by Gasteiger charge is 2.24. The minimum absolute atomic E-state index is 0.101. The van der Waals surface area contributed by atoms with Gasteiger partial charge in [0.25, 0.3) is 0 Å². The number of ether oxygens (including phenoxy) is 1. The lowest BCUT2D eigenvalue weighted by molar-refractivity contribution is -0.133. The number of halogens is 1. The number of benzene rings is 2. The van der Waals surface area contributed by atoms with Gasteiger partial charge in [-0.2, -0.15) is 0 Å². The van der Waals surface area contributed by atoms with Crippen molar-refractivity contribution in [1.29, 1.82) is 0 Å². The van der Waals surface area contributed by atoms with Gasteiger partial charge >= 0.3 is 0 Å². The van der Waals surface area contributed by atoms with Crippen LogP contribution in [-0.4, -0.2) is 36.4 Å². The van der Waals surface area contributed by atoms with Crippen molar-refractivity contribution in [3.05, 3.63) is 71.6 Å². The van der Waals surface area contributed by atoms with Gasteiger partial charge < -0.3 is 15.0 Å². The normalized spacial score (nSPS) is 17.1. The lowest BCUT2D eigenvalue weighted by atomic mass is 10.1. The molecule has 0 aliphatic carbocycles. The molecule has 0 spiro atoms. The highest BCUT2D eigenvalue weighted by Crippen LogP contribution is 2.22. The molecule has 1 unspecified atom stereocenters. The quantitative estimate of drug-likeness (QED) is 0.842. The summed E-state index contributed by atoms with van der Waals surface area (Å²) in [6.45, 7) is 2.83. The van der Waals surface area contributed by atoms with E-state index >= 15 is 0 Å². The molecule has 0 aromatic heterocycles. The van der Waals surface area contributed by atoms with Crippen LogP contribution in [0, 0.1) is 5.82 Å². The number of anilines is 1. The second kappa shape index (κ2) is 8.60. The summed E-state index contributed by atoms with van der Waals surface area (Å²) in [5.74, 6) is -0.525. The molecule has 27 heavy (non-hydrogen) atoms. The Kier molecular flexibility index (Phi) is 5.98. The molecule has 0 saturated carbocycles. The molecule has 1 atom stereocenters. The van der Waals surface area contributed by atoms with E-state index in [1.165, 1.54) is 25.1 Å². The molecule has 1 N–H and O–H groups in total. The number of nitrogens with zero attached hydrogens (tertiary/aromatic N) is 1. The van der Waals surface area contributed by atoms with E-state index in [9.17, 15) is 14.0 Å². The predicted octanol–water partition coefficient (Wildman–Crippen LogP) is 3.40. The van der Waals surface area contributed by atoms with Gasteiger partial charge in [-0.3, -0.25) is 9.59 Å². The SMILES string of the molecule is CC(=O)Nc1ccc(/C=C/C(=O)N2CCOC(c3ccc(F)cc3)C2)cc1. The van der Waals surface area contributed by atoms with Crippen LogP contribution in [0.15, 0.2) is 54.6 Å². The molecule has 2 aromatic carbocycles. The fourth-order valence-electron chi connectivity index (χ4n) is 2.88. The zero-order chi connectivity index (χ0) is 19.2. The van der Waals surface area contributed by atoms with Gasteiger partial charge in [-0.25, -0.2) is 4.39 Å². The number of carbonyl (C=O) groups excluding carboxylic acids is 2. The number of hydrogen-bond acceptors (Lipinski definition) is 3. The molecule has 0 radical (unpaired) electrons. The summed E-state index contributed by atoms with van der Waals surface area (Å²) in [6, 6.07) is 13.4. The Hall–Kier alpha value is -2.99. The summed E-state index contributed by atoms with van der Waals surface area (Å²) in [6.07, 6.45) is 3.01. The standard InChI is InChI=1S/C21H21FN2O3/c1-15(25)23-19-9-2-16(3-10-19)4-11-21(26)24-12-13-27-20(14-24)17-5-7-18(22)8-6-17/h2-11,20H,12-14H2,1H3,(H,23,25)/b11-4+. The van der Waals surface area contributed by atoms with Crippen molar-refractivity contribution in [2.45, 2.75) is 13.0 Å². The van der Waals surface area contributed by atoms with E-state index in [1.54, 1.807) is 35.2 Å². The molecular formula is C21H21FN2O3. The van der Waals surface area contributed by atoms with Gasteiger partial charge in [0.15, 0.2) is 0 Å². The van der Waals surface area contributed by atoms with Crippen molar-refractivity contribution < 1.29 is 18.7 Å². The van der Waals surface area contributed by atoms with Crippen LogP contribution in [0.2, 0.25) is 0 Å². The molecule has 140 valence electrons. The van der Waals surface area contributed by atoms with Gasteiger partial charge in [0.05, 0.1) is 13.2 Å². The van der Waals surface area contributed by atoms with Crippen molar-refractivity contribution >= 4 is 23.6 Å². The molecule has 1 saturated heterocycles. The summed E-state index contributed by atoms with van der Waals surface area (Å²) < 4.78 is 18.8. The lowest BCUT2D eigenvalue weighted by Crippen LogP contribution is -2.41. The maximum atomic E-state index is 13.1. The average Bonchev–Trinajstić information content (AvgIpc) is 2.67. The Bertz CT molecular complexity index is 832. The smallest absolute Gasteiger partial charge is 0.246 e. The first-order valence-electron chi connectivity index (χ1n) is 8.73. The Morgan fingerprint density at radius 1 is 1.15 bits per heavy atom. The van der Waals surface area contributed by atoms with Crippen LogP contribution >= 0.6 is 0 Å². The zero-order valence-corrected chi connectivity index (χ0v) is 15.0. The first-order valence-corrected chi connectivity index (χ1v) is 8.73. The van der Waals surface area contributed by atoms with Crippen LogP contribution in [-0.2, 0) is 14.3 Å². The Labute approximate surface area is 157 Å². The predicted molar refractivity (Wildman–Crippen MR) is 101 cm³/mol. The number of morpholine rings is 1.